The molecule has 0 radical (unpaired) electrons. The third-order valence-electron chi connectivity index (χ3n) is 2.89. The van der Waals surface area contributed by atoms with E-state index in [1.807, 2.05) is 24.4 Å². The zero-order valence-electron chi connectivity index (χ0n) is 11.0. The molecule has 4 nitrogen and oxygen atoms in total. The molecule has 0 aliphatic rings. The summed E-state index contributed by atoms with van der Waals surface area (Å²) in [6.45, 7) is 2.21. The summed E-state index contributed by atoms with van der Waals surface area (Å²) < 4.78 is 5.22. The summed E-state index contributed by atoms with van der Waals surface area (Å²) in [5.41, 5.74) is 2.22. The highest BCUT2D eigenvalue weighted by Crippen LogP contribution is 2.23. The zero-order valence-corrected chi connectivity index (χ0v) is 11.0. The number of rotatable bonds is 4. The van der Waals surface area contributed by atoms with Crippen molar-refractivity contribution in [2.75, 3.05) is 13.7 Å². The molecule has 2 rings (SSSR count). The van der Waals surface area contributed by atoms with Gasteiger partial charge in [-0.15, -0.1) is 0 Å². The van der Waals surface area contributed by atoms with Crippen LogP contribution in [0.25, 0.3) is 10.9 Å². The number of methoxy groups -OCH3 is 1. The van der Waals surface area contributed by atoms with Gasteiger partial charge in [-0.05, 0) is 43.0 Å². The third kappa shape index (κ3) is 3.08. The van der Waals surface area contributed by atoms with Crippen LogP contribution in [-0.2, 0) is 11.2 Å². The summed E-state index contributed by atoms with van der Waals surface area (Å²) in [6, 6.07) is 5.90. The van der Waals surface area contributed by atoms with E-state index in [1.165, 1.54) is 0 Å². The number of hydrogen-bond donors (Lipinski definition) is 2. The van der Waals surface area contributed by atoms with Crippen LogP contribution in [0.2, 0.25) is 0 Å². The van der Waals surface area contributed by atoms with Gasteiger partial charge in [0.15, 0.2) is 0 Å². The number of hydrogen-bond acceptors (Lipinski definition) is 2. The van der Waals surface area contributed by atoms with Crippen molar-refractivity contribution in [3.8, 4) is 17.6 Å². The number of amides is 1. The highest BCUT2D eigenvalue weighted by atomic mass is 16.5. The molecule has 2 aromatic rings. The van der Waals surface area contributed by atoms with Crippen LogP contribution in [-0.4, -0.2) is 24.5 Å². The average Bonchev–Trinajstić information content (AvgIpc) is 2.81. The Labute approximate surface area is 112 Å². The second kappa shape index (κ2) is 5.96. The van der Waals surface area contributed by atoms with Gasteiger partial charge in [0.1, 0.15) is 5.75 Å². The first-order valence-corrected chi connectivity index (χ1v) is 6.09. The predicted octanol–water partition coefficient (Wildman–Crippen LogP) is 1.86. The van der Waals surface area contributed by atoms with Gasteiger partial charge in [0.05, 0.1) is 7.11 Å². The number of aromatic nitrogens is 1. The smallest absolute Gasteiger partial charge is 0.295 e. The molecular formula is C15H16N2O2. The number of H-pyrrole nitrogens is 1. The summed E-state index contributed by atoms with van der Waals surface area (Å²) in [6.07, 6.45) is 2.71. The van der Waals surface area contributed by atoms with Gasteiger partial charge >= 0.3 is 0 Å². The Morgan fingerprint density at radius 2 is 2.32 bits per heavy atom. The van der Waals surface area contributed by atoms with E-state index in [9.17, 15) is 4.79 Å². The van der Waals surface area contributed by atoms with E-state index >= 15 is 0 Å². The monoisotopic (exact) mass is 256 g/mol. The van der Waals surface area contributed by atoms with Crippen molar-refractivity contribution < 1.29 is 9.53 Å². The van der Waals surface area contributed by atoms with Gasteiger partial charge in [-0.3, -0.25) is 4.79 Å². The average molecular weight is 256 g/mol. The molecular weight excluding hydrogens is 240 g/mol. The third-order valence-corrected chi connectivity index (χ3v) is 2.89. The Balaban J connectivity index is 2.07. The molecule has 0 unspecified atom stereocenters. The highest BCUT2D eigenvalue weighted by molar-refractivity contribution is 5.93. The van der Waals surface area contributed by atoms with Crippen molar-refractivity contribution in [3.63, 3.8) is 0 Å². The number of aromatic amines is 1. The van der Waals surface area contributed by atoms with Crippen LogP contribution >= 0.6 is 0 Å². The lowest BCUT2D eigenvalue weighted by Crippen LogP contribution is -2.23. The second-order valence-electron chi connectivity index (χ2n) is 4.11. The highest BCUT2D eigenvalue weighted by Gasteiger charge is 2.05. The van der Waals surface area contributed by atoms with E-state index < -0.39 is 0 Å². The van der Waals surface area contributed by atoms with Crippen LogP contribution in [0.4, 0.5) is 0 Å². The largest absolute Gasteiger partial charge is 0.497 e. The van der Waals surface area contributed by atoms with E-state index in [4.69, 9.17) is 4.74 Å². The van der Waals surface area contributed by atoms with E-state index in [0.717, 1.165) is 28.6 Å². The van der Waals surface area contributed by atoms with Crippen molar-refractivity contribution >= 4 is 16.8 Å². The molecule has 0 aliphatic heterocycles. The van der Waals surface area contributed by atoms with Crippen molar-refractivity contribution in [2.24, 2.45) is 0 Å². The minimum absolute atomic E-state index is 0.236. The second-order valence-corrected chi connectivity index (χ2v) is 4.11. The van der Waals surface area contributed by atoms with Crippen LogP contribution in [0, 0.1) is 11.8 Å². The number of carbonyl (C=O) groups excluding carboxylic acids is 1. The summed E-state index contributed by atoms with van der Waals surface area (Å²) in [7, 11) is 1.65. The first-order valence-electron chi connectivity index (χ1n) is 6.09. The predicted molar refractivity (Wildman–Crippen MR) is 75.0 cm³/mol. The van der Waals surface area contributed by atoms with Crippen LogP contribution < -0.4 is 10.1 Å². The summed E-state index contributed by atoms with van der Waals surface area (Å²) in [5, 5.41) is 3.88. The molecule has 1 amide bonds. The normalized spacial score (nSPS) is 9.79. The summed E-state index contributed by atoms with van der Waals surface area (Å²) >= 11 is 0. The molecule has 0 spiro atoms. The molecule has 0 aliphatic carbocycles. The quantitative estimate of drug-likeness (QED) is 0.820. The molecule has 1 aromatic carbocycles. The zero-order chi connectivity index (χ0) is 13.7. The fourth-order valence-electron chi connectivity index (χ4n) is 1.96. The van der Waals surface area contributed by atoms with E-state index in [0.29, 0.717) is 6.54 Å². The number of fused-ring (bicyclic) bond motifs is 1. The number of benzene rings is 1. The standard InChI is InChI=1S/C15H16N2O2/c1-3-4-15(18)16-8-7-11-10-17-14-6-5-12(19-2)9-13(11)14/h5-6,9-10,17H,7-8H2,1-2H3,(H,16,18). The molecule has 4 heteroatoms. The van der Waals surface area contributed by atoms with Crippen molar-refractivity contribution in [1.82, 2.24) is 10.3 Å². The Kier molecular flexibility index (Phi) is 4.09. The van der Waals surface area contributed by atoms with Gasteiger partial charge in [-0.25, -0.2) is 0 Å². The van der Waals surface area contributed by atoms with Gasteiger partial charge in [-0.1, -0.05) is 5.92 Å². The summed E-state index contributed by atoms with van der Waals surface area (Å²) in [5.74, 6) is 5.62. The molecule has 1 heterocycles. The first-order chi connectivity index (χ1) is 9.24. The minimum atomic E-state index is -0.236. The SMILES string of the molecule is CC#CC(=O)NCCc1c[nH]c2ccc(OC)cc12. The lowest BCUT2D eigenvalue weighted by atomic mass is 10.1. The maximum atomic E-state index is 11.2. The van der Waals surface area contributed by atoms with E-state index in [-0.39, 0.29) is 5.91 Å². The van der Waals surface area contributed by atoms with Crippen molar-refractivity contribution in [3.05, 3.63) is 30.0 Å². The number of carbonyl (C=O) groups is 1. The molecule has 98 valence electrons. The molecule has 0 bridgehead atoms. The molecule has 0 saturated heterocycles. The van der Waals surface area contributed by atoms with Gasteiger partial charge < -0.3 is 15.0 Å². The first kappa shape index (κ1) is 13.0. The van der Waals surface area contributed by atoms with Gasteiger partial charge in [0.25, 0.3) is 5.91 Å². The lowest BCUT2D eigenvalue weighted by molar-refractivity contribution is -0.115. The molecule has 1 aromatic heterocycles. The lowest BCUT2D eigenvalue weighted by Gasteiger charge is -2.02. The van der Waals surface area contributed by atoms with Gasteiger partial charge in [0.2, 0.25) is 0 Å². The van der Waals surface area contributed by atoms with Crippen LogP contribution in [0.3, 0.4) is 0 Å². The van der Waals surface area contributed by atoms with Crippen LogP contribution in [0.15, 0.2) is 24.4 Å². The fraction of sp³-hybridized carbons (Fsp3) is 0.267. The molecule has 2 N–H and O–H groups in total. The number of ether oxygens (including phenoxy) is 1. The van der Waals surface area contributed by atoms with Crippen LogP contribution in [0.5, 0.6) is 5.75 Å². The molecule has 0 fully saturated rings. The van der Waals surface area contributed by atoms with Gasteiger partial charge in [-0.2, -0.15) is 0 Å². The maximum Gasteiger partial charge on any atom is 0.295 e. The molecule has 0 saturated carbocycles. The van der Waals surface area contributed by atoms with Crippen molar-refractivity contribution in [1.29, 1.82) is 0 Å². The van der Waals surface area contributed by atoms with Crippen molar-refractivity contribution in [2.45, 2.75) is 13.3 Å². The summed E-state index contributed by atoms with van der Waals surface area (Å²) in [4.78, 5) is 14.4. The Morgan fingerprint density at radius 3 is 3.05 bits per heavy atom. The Hall–Kier alpha value is -2.41. The maximum absolute atomic E-state index is 11.2. The number of nitrogens with one attached hydrogen (secondary N) is 2. The van der Waals surface area contributed by atoms with Crippen LogP contribution in [0.1, 0.15) is 12.5 Å². The molecule has 0 atom stereocenters. The van der Waals surface area contributed by atoms with Gasteiger partial charge in [0, 0.05) is 23.6 Å². The topological polar surface area (TPSA) is 54.1 Å². The molecule has 19 heavy (non-hydrogen) atoms. The fourth-order valence-corrected chi connectivity index (χ4v) is 1.96. The Bertz CT molecular complexity index is 647. The Morgan fingerprint density at radius 1 is 1.47 bits per heavy atom. The van der Waals surface area contributed by atoms with E-state index in [1.54, 1.807) is 14.0 Å². The minimum Gasteiger partial charge on any atom is -0.497 e. The van der Waals surface area contributed by atoms with E-state index in [2.05, 4.69) is 22.1 Å².